The summed E-state index contributed by atoms with van der Waals surface area (Å²) in [7, 11) is 0. The summed E-state index contributed by atoms with van der Waals surface area (Å²) in [4.78, 5) is 25.0. The summed E-state index contributed by atoms with van der Waals surface area (Å²) in [5, 5.41) is 32.8. The van der Waals surface area contributed by atoms with Crippen LogP contribution >= 0.6 is 0 Å². The van der Waals surface area contributed by atoms with E-state index in [-0.39, 0.29) is 37.0 Å². The highest BCUT2D eigenvalue weighted by atomic mass is 19.1. The molecular weight excluding hydrogens is 525 g/mol. The summed E-state index contributed by atoms with van der Waals surface area (Å²) in [6.45, 7) is 4.25. The van der Waals surface area contributed by atoms with Gasteiger partial charge in [-0.1, -0.05) is 62.4 Å². The van der Waals surface area contributed by atoms with Crippen molar-refractivity contribution in [3.05, 3.63) is 102 Å². The van der Waals surface area contributed by atoms with Crippen molar-refractivity contribution in [2.75, 3.05) is 5.32 Å². The van der Waals surface area contributed by atoms with Crippen LogP contribution in [0.4, 0.5) is 10.1 Å². The van der Waals surface area contributed by atoms with Crippen LogP contribution in [-0.2, 0) is 11.3 Å². The number of carboxylic acids is 1. The molecule has 0 bridgehead atoms. The highest BCUT2D eigenvalue weighted by molar-refractivity contribution is 6.12. The maximum atomic E-state index is 14.0. The molecule has 4 N–H and O–H groups in total. The molecule has 0 fully saturated rings. The van der Waals surface area contributed by atoms with Crippen LogP contribution < -0.4 is 5.32 Å². The molecule has 0 spiro atoms. The summed E-state index contributed by atoms with van der Waals surface area (Å²) in [6, 6.07) is 24.8. The quantitative estimate of drug-likeness (QED) is 0.162. The van der Waals surface area contributed by atoms with E-state index < -0.39 is 24.6 Å². The number of carboxylic acid groups (broad SMARTS) is 1. The zero-order valence-corrected chi connectivity index (χ0v) is 23.1. The number of carbonyl (C=O) groups is 2. The Bertz CT molecular complexity index is 1470. The van der Waals surface area contributed by atoms with Gasteiger partial charge < -0.3 is 25.2 Å². The zero-order chi connectivity index (χ0) is 29.5. The van der Waals surface area contributed by atoms with Crippen LogP contribution in [-0.4, -0.2) is 44.0 Å². The molecule has 7 nitrogen and oxygen atoms in total. The molecule has 4 rings (SSSR count). The Morgan fingerprint density at radius 1 is 0.927 bits per heavy atom. The van der Waals surface area contributed by atoms with Gasteiger partial charge in [0.05, 0.1) is 29.9 Å². The first-order chi connectivity index (χ1) is 19.7. The predicted octanol–water partition coefficient (Wildman–Crippen LogP) is 6.31. The second-order valence-corrected chi connectivity index (χ2v) is 10.4. The first kappa shape index (κ1) is 29.7. The number of anilines is 1. The Balaban J connectivity index is 1.89. The van der Waals surface area contributed by atoms with Gasteiger partial charge in [0.1, 0.15) is 5.82 Å². The Morgan fingerprint density at radius 3 is 2.12 bits per heavy atom. The van der Waals surface area contributed by atoms with E-state index in [0.29, 0.717) is 28.1 Å². The van der Waals surface area contributed by atoms with Gasteiger partial charge in [-0.2, -0.15) is 0 Å². The number of aromatic nitrogens is 1. The Kier molecular flexibility index (Phi) is 9.70. The van der Waals surface area contributed by atoms with Gasteiger partial charge in [-0.3, -0.25) is 9.59 Å². The van der Waals surface area contributed by atoms with Crippen molar-refractivity contribution in [2.24, 2.45) is 0 Å². The van der Waals surface area contributed by atoms with Crippen molar-refractivity contribution in [1.82, 2.24) is 4.57 Å². The van der Waals surface area contributed by atoms with Crippen LogP contribution in [0.1, 0.15) is 55.1 Å². The maximum Gasteiger partial charge on any atom is 0.305 e. The van der Waals surface area contributed by atoms with E-state index in [1.807, 2.05) is 79.1 Å². The first-order valence-electron chi connectivity index (χ1n) is 13.7. The Hall–Kier alpha value is -4.27. The van der Waals surface area contributed by atoms with E-state index in [9.17, 15) is 24.2 Å². The van der Waals surface area contributed by atoms with Gasteiger partial charge in [-0.15, -0.1) is 0 Å². The molecule has 1 heterocycles. The fourth-order valence-electron chi connectivity index (χ4n) is 5.20. The van der Waals surface area contributed by atoms with Crippen LogP contribution in [0.5, 0.6) is 0 Å². The number of para-hydroxylation sites is 1. The summed E-state index contributed by atoms with van der Waals surface area (Å²) >= 11 is 0. The number of halogens is 1. The molecule has 41 heavy (non-hydrogen) atoms. The first-order valence-corrected chi connectivity index (χ1v) is 13.7. The minimum absolute atomic E-state index is 0.0939. The lowest BCUT2D eigenvalue weighted by Crippen LogP contribution is -2.22. The number of aliphatic carboxylic acids is 1. The SMILES string of the molecule is CC(C)c1c(C(=O)Nc2ccccc2)c(-c2ccccc2)c(-c2ccc(F)cc2)n1CC[C@@H](O)C[14C@@H](O)CC(=O)O. The predicted molar refractivity (Wildman–Crippen MR) is 157 cm³/mol. The van der Waals surface area contributed by atoms with E-state index in [4.69, 9.17) is 5.11 Å². The minimum Gasteiger partial charge on any atom is -0.481 e. The number of nitrogens with zero attached hydrogens (tertiary/aromatic N) is 1. The van der Waals surface area contributed by atoms with E-state index in [1.165, 1.54) is 12.1 Å². The van der Waals surface area contributed by atoms with Gasteiger partial charge in [0.25, 0.3) is 5.91 Å². The Labute approximate surface area is 238 Å². The summed E-state index contributed by atoms with van der Waals surface area (Å²) in [6.07, 6.45) is -2.51. The average Bonchev–Trinajstić information content (AvgIpc) is 3.28. The number of amides is 1. The largest absolute Gasteiger partial charge is 0.481 e. The number of benzene rings is 3. The van der Waals surface area contributed by atoms with Crippen molar-refractivity contribution in [1.29, 1.82) is 0 Å². The molecule has 0 aliphatic heterocycles. The van der Waals surface area contributed by atoms with Gasteiger partial charge >= 0.3 is 5.97 Å². The maximum absolute atomic E-state index is 14.0. The van der Waals surface area contributed by atoms with Crippen molar-refractivity contribution in [3.63, 3.8) is 0 Å². The molecule has 0 aliphatic rings. The summed E-state index contributed by atoms with van der Waals surface area (Å²) in [5.41, 5.74) is 4.77. The lowest BCUT2D eigenvalue weighted by molar-refractivity contribution is -0.139. The fourth-order valence-corrected chi connectivity index (χ4v) is 5.20. The number of hydrogen-bond acceptors (Lipinski definition) is 4. The smallest absolute Gasteiger partial charge is 0.305 e. The van der Waals surface area contributed by atoms with E-state index in [0.717, 1.165) is 11.3 Å². The molecule has 0 saturated heterocycles. The summed E-state index contributed by atoms with van der Waals surface area (Å²) < 4.78 is 16.0. The third-order valence-corrected chi connectivity index (χ3v) is 6.93. The molecule has 0 radical (unpaired) electrons. The van der Waals surface area contributed by atoms with Crippen LogP contribution in [0.3, 0.4) is 0 Å². The van der Waals surface area contributed by atoms with Gasteiger partial charge in [0.15, 0.2) is 0 Å². The van der Waals surface area contributed by atoms with Gasteiger partial charge in [-0.25, -0.2) is 4.39 Å². The standard InChI is InChI=1S/C33H35FN2O5/c1-21(2)31-30(33(41)35-25-11-7-4-8-12-25)29(22-9-5-3-6-10-22)32(23-13-15-24(34)16-14-23)36(31)18-17-26(37)19-27(38)20-28(39)40/h3-16,21,26-27,37-38H,17-20H2,1-2H3,(H,35,41)(H,39,40)/t26-,27-/m1/s1/i27+2. The van der Waals surface area contributed by atoms with Crippen molar-refractivity contribution >= 4 is 17.6 Å². The molecule has 214 valence electrons. The van der Waals surface area contributed by atoms with Crippen molar-refractivity contribution in [3.8, 4) is 22.4 Å². The van der Waals surface area contributed by atoms with Gasteiger partial charge in [0.2, 0.25) is 0 Å². The number of nitrogens with one attached hydrogen (secondary N) is 1. The number of hydrogen-bond donors (Lipinski definition) is 4. The third kappa shape index (κ3) is 7.28. The molecule has 0 saturated carbocycles. The van der Waals surface area contributed by atoms with Crippen LogP contribution in [0, 0.1) is 5.82 Å². The lowest BCUT2D eigenvalue weighted by Gasteiger charge is -2.20. The molecule has 4 aromatic rings. The fraction of sp³-hybridized carbons (Fsp3) is 0.273. The van der Waals surface area contributed by atoms with Crippen LogP contribution in [0.25, 0.3) is 22.4 Å². The third-order valence-electron chi connectivity index (χ3n) is 6.93. The molecular formula is C33H35FN2O5. The zero-order valence-electron chi connectivity index (χ0n) is 23.1. The minimum atomic E-state index is -1.18. The average molecular weight is 561 g/mol. The molecule has 2 atom stereocenters. The lowest BCUT2D eigenvalue weighted by atomic mass is 9.94. The highest BCUT2D eigenvalue weighted by Crippen LogP contribution is 2.42. The second-order valence-electron chi connectivity index (χ2n) is 10.4. The van der Waals surface area contributed by atoms with Crippen molar-refractivity contribution in [2.45, 2.75) is 57.8 Å². The normalized spacial score (nSPS) is 12.7. The van der Waals surface area contributed by atoms with Gasteiger partial charge in [0, 0.05) is 23.5 Å². The topological polar surface area (TPSA) is 112 Å². The molecule has 0 aliphatic carbocycles. The molecule has 0 unspecified atom stereocenters. The number of aliphatic hydroxyl groups excluding tert-OH is 2. The Morgan fingerprint density at radius 2 is 1.54 bits per heavy atom. The summed E-state index contributed by atoms with van der Waals surface area (Å²) in [5.74, 6) is -1.93. The number of aliphatic hydroxyl groups is 2. The van der Waals surface area contributed by atoms with E-state index in [1.54, 1.807) is 12.1 Å². The number of carbonyl (C=O) groups excluding carboxylic acids is 1. The second kappa shape index (κ2) is 13.4. The molecule has 3 aromatic carbocycles. The van der Waals surface area contributed by atoms with Crippen LogP contribution in [0.2, 0.25) is 0 Å². The van der Waals surface area contributed by atoms with Gasteiger partial charge in [-0.05, 0) is 66.3 Å². The van der Waals surface area contributed by atoms with E-state index in [2.05, 4.69) is 5.32 Å². The van der Waals surface area contributed by atoms with E-state index >= 15 is 0 Å². The molecule has 8 heteroatoms. The highest BCUT2D eigenvalue weighted by Gasteiger charge is 2.31. The van der Waals surface area contributed by atoms with Crippen LogP contribution in [0.15, 0.2) is 84.9 Å². The monoisotopic (exact) mass is 560 g/mol. The van der Waals surface area contributed by atoms with Crippen molar-refractivity contribution < 1.29 is 29.3 Å². The molecule has 1 aromatic heterocycles. The number of rotatable bonds is 12. The molecule has 1 amide bonds.